The molecule has 1 unspecified atom stereocenters. The van der Waals surface area contributed by atoms with Crippen LogP contribution in [0.1, 0.15) is 40.2 Å². The van der Waals surface area contributed by atoms with Crippen LogP contribution >= 0.6 is 11.6 Å². The van der Waals surface area contributed by atoms with Crippen LogP contribution in [0.2, 0.25) is 5.02 Å². The number of anilines is 1. The summed E-state index contributed by atoms with van der Waals surface area (Å²) in [5.74, 6) is -0.261. The summed E-state index contributed by atoms with van der Waals surface area (Å²) < 4.78 is 5.95. The van der Waals surface area contributed by atoms with Crippen molar-refractivity contribution in [2.75, 3.05) is 4.90 Å². The predicted molar refractivity (Wildman–Crippen MR) is 118 cm³/mol. The van der Waals surface area contributed by atoms with Crippen LogP contribution in [0, 0.1) is 0 Å². The van der Waals surface area contributed by atoms with E-state index in [0.717, 1.165) is 12.0 Å². The zero-order valence-corrected chi connectivity index (χ0v) is 17.0. The number of carbonyl (C=O) groups excluding carboxylic acids is 1. The highest BCUT2D eigenvalue weighted by atomic mass is 35.5. The Hall–Kier alpha value is -3.37. The molecule has 5 rings (SSSR count). The van der Waals surface area contributed by atoms with Crippen LogP contribution in [0.5, 0.6) is 0 Å². The molecule has 4 aromatic rings. The van der Waals surface area contributed by atoms with Crippen molar-refractivity contribution in [3.63, 3.8) is 0 Å². The minimum absolute atomic E-state index is 0.0863. The highest BCUT2D eigenvalue weighted by Gasteiger charge is 2.43. The molecule has 1 aliphatic heterocycles. The average molecular weight is 416 g/mol. The Morgan fingerprint density at radius 3 is 2.47 bits per heavy atom. The number of benzene rings is 3. The van der Waals surface area contributed by atoms with Gasteiger partial charge < -0.3 is 4.42 Å². The third-order valence-corrected chi connectivity index (χ3v) is 5.80. The lowest BCUT2D eigenvalue weighted by molar-refractivity contribution is 0.0971. The molecule has 30 heavy (non-hydrogen) atoms. The van der Waals surface area contributed by atoms with Crippen LogP contribution in [-0.4, -0.2) is 5.91 Å². The van der Waals surface area contributed by atoms with E-state index in [0.29, 0.717) is 27.2 Å². The number of hydrogen-bond donors (Lipinski definition) is 0. The number of para-hydroxylation sites is 1. The molecule has 148 valence electrons. The molecule has 4 nitrogen and oxygen atoms in total. The van der Waals surface area contributed by atoms with Crippen molar-refractivity contribution in [2.24, 2.45) is 0 Å². The molecule has 0 radical (unpaired) electrons. The summed E-state index contributed by atoms with van der Waals surface area (Å²) >= 11 is 6.21. The third-order valence-electron chi connectivity index (χ3n) is 5.57. The highest BCUT2D eigenvalue weighted by molar-refractivity contribution is 6.31. The molecule has 5 heteroatoms. The normalized spacial score (nSPS) is 15.6. The van der Waals surface area contributed by atoms with Gasteiger partial charge in [-0.1, -0.05) is 61.0 Å². The van der Waals surface area contributed by atoms with Gasteiger partial charge in [-0.25, -0.2) is 0 Å². The van der Waals surface area contributed by atoms with Crippen LogP contribution in [-0.2, 0) is 6.42 Å². The molecule has 0 spiro atoms. The summed E-state index contributed by atoms with van der Waals surface area (Å²) in [6.45, 7) is 2.09. The van der Waals surface area contributed by atoms with Gasteiger partial charge >= 0.3 is 0 Å². The molecule has 3 aromatic carbocycles. The summed E-state index contributed by atoms with van der Waals surface area (Å²) in [5.41, 5.74) is 3.23. The first-order valence-electron chi connectivity index (χ1n) is 9.82. The minimum Gasteiger partial charge on any atom is -0.450 e. The number of halogens is 1. The molecule has 1 amide bonds. The largest absolute Gasteiger partial charge is 0.450 e. The second-order valence-corrected chi connectivity index (χ2v) is 7.76. The number of rotatable bonds is 3. The molecule has 2 heterocycles. The molecule has 0 saturated carbocycles. The lowest BCUT2D eigenvalue weighted by atomic mass is 9.97. The molecule has 0 N–H and O–H groups in total. The van der Waals surface area contributed by atoms with Gasteiger partial charge in [0.15, 0.2) is 5.43 Å². The first-order chi connectivity index (χ1) is 14.6. The van der Waals surface area contributed by atoms with Crippen molar-refractivity contribution in [2.45, 2.75) is 19.4 Å². The monoisotopic (exact) mass is 415 g/mol. The Labute approximate surface area is 178 Å². The van der Waals surface area contributed by atoms with Crippen LogP contribution in [0.3, 0.4) is 0 Å². The first kappa shape index (κ1) is 18.6. The Kier molecular flexibility index (Phi) is 4.44. The molecule has 0 fully saturated rings. The van der Waals surface area contributed by atoms with Crippen molar-refractivity contribution >= 4 is 34.2 Å². The maximum Gasteiger partial charge on any atom is 0.295 e. The van der Waals surface area contributed by atoms with Crippen molar-refractivity contribution in [3.05, 3.63) is 110 Å². The number of amides is 1. The van der Waals surface area contributed by atoms with E-state index in [2.05, 4.69) is 6.92 Å². The van der Waals surface area contributed by atoms with Crippen molar-refractivity contribution in [3.8, 4) is 0 Å². The van der Waals surface area contributed by atoms with Crippen LogP contribution < -0.4 is 10.3 Å². The number of aryl methyl sites for hydroxylation is 1. The Bertz CT molecular complexity index is 1340. The first-order valence-corrected chi connectivity index (χ1v) is 10.2. The van der Waals surface area contributed by atoms with E-state index in [1.807, 2.05) is 30.3 Å². The van der Waals surface area contributed by atoms with Crippen molar-refractivity contribution < 1.29 is 9.21 Å². The zero-order valence-electron chi connectivity index (χ0n) is 16.3. The van der Waals surface area contributed by atoms with Gasteiger partial charge in [0.05, 0.1) is 17.0 Å². The minimum atomic E-state index is -0.585. The lowest BCUT2D eigenvalue weighted by Gasteiger charge is -2.25. The SMILES string of the molecule is CCc1ccc(C2c3c(oc4ccccc4c3=O)C(=O)N2c2cccc(Cl)c2)cc1. The van der Waals surface area contributed by atoms with Gasteiger partial charge in [0, 0.05) is 10.7 Å². The van der Waals surface area contributed by atoms with E-state index in [1.54, 1.807) is 47.4 Å². The number of fused-ring (bicyclic) bond motifs is 2. The van der Waals surface area contributed by atoms with Crippen LogP contribution in [0.25, 0.3) is 11.0 Å². The van der Waals surface area contributed by atoms with E-state index in [4.69, 9.17) is 16.0 Å². The van der Waals surface area contributed by atoms with Gasteiger partial charge in [-0.2, -0.15) is 0 Å². The number of nitrogens with zero attached hydrogens (tertiary/aromatic N) is 1. The van der Waals surface area contributed by atoms with Crippen LogP contribution in [0.15, 0.2) is 82.0 Å². The maximum atomic E-state index is 13.5. The van der Waals surface area contributed by atoms with Crippen LogP contribution in [0.4, 0.5) is 5.69 Å². The Morgan fingerprint density at radius 1 is 0.967 bits per heavy atom. The quantitative estimate of drug-likeness (QED) is 0.427. The fraction of sp³-hybridized carbons (Fsp3) is 0.120. The molecule has 1 aromatic heterocycles. The molecular weight excluding hydrogens is 398 g/mol. The standard InChI is InChI=1S/C25H18ClNO3/c1-2-15-10-12-16(13-11-15)22-21-23(28)19-8-3-4-9-20(19)30-24(21)25(29)27(22)18-7-5-6-17(26)14-18/h3-14,22H,2H2,1H3. The summed E-state index contributed by atoms with van der Waals surface area (Å²) in [5, 5.41) is 0.980. The maximum absolute atomic E-state index is 13.5. The molecule has 0 saturated heterocycles. The highest BCUT2D eigenvalue weighted by Crippen LogP contribution is 2.41. The van der Waals surface area contributed by atoms with Gasteiger partial charge in [0.1, 0.15) is 5.58 Å². The summed E-state index contributed by atoms with van der Waals surface area (Å²) in [6.07, 6.45) is 0.908. The van der Waals surface area contributed by atoms with E-state index in [9.17, 15) is 9.59 Å². The lowest BCUT2D eigenvalue weighted by Crippen LogP contribution is -2.29. The fourth-order valence-corrected chi connectivity index (χ4v) is 4.25. The van der Waals surface area contributed by atoms with Gasteiger partial charge in [0.2, 0.25) is 5.76 Å². The molecular formula is C25H18ClNO3. The Balaban J connectivity index is 1.80. The van der Waals surface area contributed by atoms with Gasteiger partial charge in [-0.15, -0.1) is 0 Å². The smallest absolute Gasteiger partial charge is 0.295 e. The molecule has 0 aliphatic carbocycles. The topological polar surface area (TPSA) is 50.5 Å². The zero-order chi connectivity index (χ0) is 20.8. The Morgan fingerprint density at radius 2 is 1.73 bits per heavy atom. The van der Waals surface area contributed by atoms with Crippen molar-refractivity contribution in [1.29, 1.82) is 0 Å². The number of hydrogen-bond acceptors (Lipinski definition) is 3. The third kappa shape index (κ3) is 2.84. The molecule has 1 atom stereocenters. The van der Waals surface area contributed by atoms with Gasteiger partial charge in [0.25, 0.3) is 5.91 Å². The second kappa shape index (κ2) is 7.15. The number of carbonyl (C=O) groups is 1. The summed E-state index contributed by atoms with van der Waals surface area (Å²) in [6, 6.07) is 21.5. The van der Waals surface area contributed by atoms with E-state index in [1.165, 1.54) is 5.56 Å². The van der Waals surface area contributed by atoms with Crippen molar-refractivity contribution in [1.82, 2.24) is 0 Å². The van der Waals surface area contributed by atoms with Gasteiger partial charge in [-0.05, 0) is 47.9 Å². The van der Waals surface area contributed by atoms with E-state index in [-0.39, 0.29) is 17.1 Å². The predicted octanol–water partition coefficient (Wildman–Crippen LogP) is 5.76. The molecule has 1 aliphatic rings. The summed E-state index contributed by atoms with van der Waals surface area (Å²) in [7, 11) is 0. The average Bonchev–Trinajstić information content (AvgIpc) is 3.06. The fourth-order valence-electron chi connectivity index (χ4n) is 4.06. The van der Waals surface area contributed by atoms with E-state index < -0.39 is 6.04 Å². The van der Waals surface area contributed by atoms with Gasteiger partial charge in [-0.3, -0.25) is 14.5 Å². The summed E-state index contributed by atoms with van der Waals surface area (Å²) in [4.78, 5) is 28.5. The second-order valence-electron chi connectivity index (χ2n) is 7.32. The molecule has 0 bridgehead atoms. The van der Waals surface area contributed by atoms with E-state index >= 15 is 0 Å².